The smallest absolute Gasteiger partial charge is 0.327 e. The Morgan fingerprint density at radius 2 is 2.00 bits per heavy atom. The standard InChI is InChI=1S/C15H22N4OS/c1-4-12(16)9-11-5-7-13(8-6-11)21-15-18-17-14(20)19(15)10(2)3/h5-8,10,12H,4,9,16H2,1-3H3,(H,17,20). The molecule has 3 N–H and O–H groups in total. The van der Waals surface area contributed by atoms with Crippen LogP contribution in [0.5, 0.6) is 0 Å². The third-order valence-electron chi connectivity index (χ3n) is 3.34. The molecule has 2 aromatic rings. The van der Waals surface area contributed by atoms with Gasteiger partial charge in [-0.25, -0.2) is 9.89 Å². The Morgan fingerprint density at radius 1 is 1.33 bits per heavy atom. The molecule has 0 aliphatic carbocycles. The fraction of sp³-hybridized carbons (Fsp3) is 0.467. The molecule has 0 spiro atoms. The van der Waals surface area contributed by atoms with Crippen LogP contribution in [0.25, 0.3) is 0 Å². The summed E-state index contributed by atoms with van der Waals surface area (Å²) in [5, 5.41) is 7.28. The van der Waals surface area contributed by atoms with Crippen molar-refractivity contribution in [1.29, 1.82) is 0 Å². The van der Waals surface area contributed by atoms with E-state index in [0.29, 0.717) is 5.16 Å². The Hall–Kier alpha value is -1.53. The van der Waals surface area contributed by atoms with E-state index in [1.54, 1.807) is 4.57 Å². The monoisotopic (exact) mass is 306 g/mol. The van der Waals surface area contributed by atoms with Gasteiger partial charge < -0.3 is 5.73 Å². The maximum Gasteiger partial charge on any atom is 0.344 e. The van der Waals surface area contributed by atoms with Crippen LogP contribution >= 0.6 is 11.8 Å². The summed E-state index contributed by atoms with van der Waals surface area (Å²) in [7, 11) is 0. The highest BCUT2D eigenvalue weighted by molar-refractivity contribution is 7.99. The van der Waals surface area contributed by atoms with E-state index in [1.165, 1.54) is 17.3 Å². The molecular formula is C15H22N4OS. The van der Waals surface area contributed by atoms with Crippen molar-refractivity contribution in [3.8, 4) is 0 Å². The van der Waals surface area contributed by atoms with E-state index in [-0.39, 0.29) is 17.8 Å². The van der Waals surface area contributed by atoms with Crippen LogP contribution in [0.1, 0.15) is 38.8 Å². The molecular weight excluding hydrogens is 284 g/mol. The minimum absolute atomic E-state index is 0.0839. The van der Waals surface area contributed by atoms with Crippen LogP contribution in [-0.4, -0.2) is 20.8 Å². The van der Waals surface area contributed by atoms with Crippen LogP contribution in [0, 0.1) is 0 Å². The van der Waals surface area contributed by atoms with Crippen molar-refractivity contribution in [2.45, 2.75) is 55.7 Å². The number of hydrogen-bond donors (Lipinski definition) is 2. The van der Waals surface area contributed by atoms with Crippen molar-refractivity contribution in [3.63, 3.8) is 0 Å². The van der Waals surface area contributed by atoms with Gasteiger partial charge in [-0.3, -0.25) is 4.57 Å². The quantitative estimate of drug-likeness (QED) is 0.860. The van der Waals surface area contributed by atoms with Gasteiger partial charge >= 0.3 is 5.69 Å². The van der Waals surface area contributed by atoms with E-state index in [4.69, 9.17) is 5.73 Å². The molecule has 1 aromatic heterocycles. The molecule has 0 aliphatic rings. The van der Waals surface area contributed by atoms with Crippen LogP contribution in [0.3, 0.4) is 0 Å². The first-order chi connectivity index (χ1) is 10.0. The first-order valence-corrected chi connectivity index (χ1v) is 8.02. The number of nitrogens with zero attached hydrogens (tertiary/aromatic N) is 2. The zero-order chi connectivity index (χ0) is 15.4. The van der Waals surface area contributed by atoms with Crippen molar-refractivity contribution in [2.75, 3.05) is 0 Å². The van der Waals surface area contributed by atoms with Crippen LogP contribution in [0.15, 0.2) is 39.1 Å². The van der Waals surface area contributed by atoms with Gasteiger partial charge in [0.15, 0.2) is 5.16 Å². The summed E-state index contributed by atoms with van der Waals surface area (Å²) in [4.78, 5) is 12.8. The average Bonchev–Trinajstić information content (AvgIpc) is 2.81. The zero-order valence-corrected chi connectivity index (χ0v) is 13.5. The van der Waals surface area contributed by atoms with E-state index < -0.39 is 0 Å². The Labute approximate surface area is 128 Å². The van der Waals surface area contributed by atoms with Gasteiger partial charge in [-0.15, -0.1) is 5.10 Å². The molecule has 1 aromatic carbocycles. The Morgan fingerprint density at radius 3 is 2.57 bits per heavy atom. The fourth-order valence-electron chi connectivity index (χ4n) is 2.06. The van der Waals surface area contributed by atoms with Gasteiger partial charge in [0.25, 0.3) is 0 Å². The Balaban J connectivity index is 2.12. The topological polar surface area (TPSA) is 76.7 Å². The van der Waals surface area contributed by atoms with Crippen molar-refractivity contribution in [3.05, 3.63) is 40.3 Å². The maximum absolute atomic E-state index is 11.7. The van der Waals surface area contributed by atoms with Crippen molar-refractivity contribution in [2.24, 2.45) is 5.73 Å². The van der Waals surface area contributed by atoms with Gasteiger partial charge in [0.05, 0.1) is 0 Å². The van der Waals surface area contributed by atoms with Gasteiger partial charge in [0.2, 0.25) is 0 Å². The third-order valence-corrected chi connectivity index (χ3v) is 4.32. The summed E-state index contributed by atoms with van der Waals surface area (Å²) in [5.74, 6) is 0. The fourth-order valence-corrected chi connectivity index (χ4v) is 3.03. The van der Waals surface area contributed by atoms with Crippen molar-refractivity contribution < 1.29 is 0 Å². The number of nitrogens with one attached hydrogen (secondary N) is 1. The van der Waals surface area contributed by atoms with Gasteiger partial charge in [0.1, 0.15) is 0 Å². The highest BCUT2D eigenvalue weighted by Crippen LogP contribution is 2.26. The van der Waals surface area contributed by atoms with Gasteiger partial charge in [-0.1, -0.05) is 19.1 Å². The van der Waals surface area contributed by atoms with Crippen LogP contribution in [0.2, 0.25) is 0 Å². The third kappa shape index (κ3) is 3.98. The van der Waals surface area contributed by atoms with Crippen molar-refractivity contribution >= 4 is 11.8 Å². The molecule has 0 aliphatic heterocycles. The second-order valence-electron chi connectivity index (χ2n) is 5.39. The summed E-state index contributed by atoms with van der Waals surface area (Å²) >= 11 is 1.49. The molecule has 0 radical (unpaired) electrons. The van der Waals surface area contributed by atoms with Gasteiger partial charge in [0, 0.05) is 17.0 Å². The van der Waals surface area contributed by atoms with E-state index >= 15 is 0 Å². The van der Waals surface area contributed by atoms with Crippen LogP contribution < -0.4 is 11.4 Å². The highest BCUT2D eigenvalue weighted by Gasteiger charge is 2.12. The molecule has 1 unspecified atom stereocenters. The zero-order valence-electron chi connectivity index (χ0n) is 12.7. The summed E-state index contributed by atoms with van der Waals surface area (Å²) in [6, 6.07) is 8.56. The minimum Gasteiger partial charge on any atom is -0.327 e. The predicted octanol–water partition coefficient (Wildman–Crippen LogP) is 2.58. The average molecular weight is 306 g/mol. The van der Waals surface area contributed by atoms with Crippen LogP contribution in [0.4, 0.5) is 0 Å². The molecule has 1 heterocycles. The van der Waals surface area contributed by atoms with Gasteiger partial charge in [-0.05, 0) is 56.1 Å². The van der Waals surface area contributed by atoms with Crippen LogP contribution in [-0.2, 0) is 6.42 Å². The minimum atomic E-state index is -0.168. The molecule has 2 rings (SSSR count). The SMILES string of the molecule is CCC(N)Cc1ccc(Sc2n[nH]c(=O)n2C(C)C)cc1. The van der Waals surface area contributed by atoms with E-state index in [1.807, 2.05) is 26.0 Å². The molecule has 0 amide bonds. The molecule has 114 valence electrons. The number of nitrogens with two attached hydrogens (primary N) is 1. The second kappa shape index (κ2) is 6.95. The largest absolute Gasteiger partial charge is 0.344 e. The molecule has 0 saturated heterocycles. The predicted molar refractivity (Wildman–Crippen MR) is 85.8 cm³/mol. The first kappa shape index (κ1) is 15.9. The Kier molecular flexibility index (Phi) is 5.25. The number of benzene rings is 1. The lowest BCUT2D eigenvalue weighted by Crippen LogP contribution is -2.21. The van der Waals surface area contributed by atoms with E-state index in [9.17, 15) is 4.79 Å². The lowest BCUT2D eigenvalue weighted by molar-refractivity contribution is 0.534. The van der Waals surface area contributed by atoms with Gasteiger partial charge in [-0.2, -0.15) is 0 Å². The number of hydrogen-bond acceptors (Lipinski definition) is 4. The Bertz CT molecular complexity index is 630. The molecule has 0 fully saturated rings. The number of H-pyrrole nitrogens is 1. The lowest BCUT2D eigenvalue weighted by atomic mass is 10.1. The molecule has 1 atom stereocenters. The molecule has 21 heavy (non-hydrogen) atoms. The molecule has 6 heteroatoms. The normalized spacial score (nSPS) is 12.8. The van der Waals surface area contributed by atoms with Crippen molar-refractivity contribution in [1.82, 2.24) is 14.8 Å². The highest BCUT2D eigenvalue weighted by atomic mass is 32.2. The van der Waals surface area contributed by atoms with E-state index in [0.717, 1.165) is 17.7 Å². The lowest BCUT2D eigenvalue weighted by Gasteiger charge is -2.10. The number of aromatic nitrogens is 3. The molecule has 0 saturated carbocycles. The second-order valence-corrected chi connectivity index (χ2v) is 6.43. The molecule has 0 bridgehead atoms. The summed E-state index contributed by atoms with van der Waals surface area (Å²) in [6.07, 6.45) is 1.87. The number of aromatic amines is 1. The maximum atomic E-state index is 11.7. The summed E-state index contributed by atoms with van der Waals surface area (Å²) in [6.45, 7) is 6.03. The van der Waals surface area contributed by atoms with E-state index in [2.05, 4.69) is 29.3 Å². The first-order valence-electron chi connectivity index (χ1n) is 7.20. The number of rotatable bonds is 6. The summed E-state index contributed by atoms with van der Waals surface area (Å²) < 4.78 is 1.66. The summed E-state index contributed by atoms with van der Waals surface area (Å²) in [5.41, 5.74) is 7.03. The molecule has 5 nitrogen and oxygen atoms in total.